The number of fused-ring (bicyclic) bond motifs is 1. The second-order valence-corrected chi connectivity index (χ2v) is 9.17. The summed E-state index contributed by atoms with van der Waals surface area (Å²) in [7, 11) is 0. The van der Waals surface area contributed by atoms with Gasteiger partial charge in [-0.1, -0.05) is 17.7 Å². The van der Waals surface area contributed by atoms with Gasteiger partial charge in [0.25, 0.3) is 0 Å². The Labute approximate surface area is 209 Å². The summed E-state index contributed by atoms with van der Waals surface area (Å²) in [6.45, 7) is 3.77. The molecule has 2 N–H and O–H groups in total. The first-order valence-electron chi connectivity index (χ1n) is 11.1. The number of amides is 1. The Hall–Kier alpha value is -2.99. The number of halogens is 5. The van der Waals surface area contributed by atoms with E-state index in [-0.39, 0.29) is 24.2 Å². The molecule has 8 nitrogen and oxygen atoms in total. The molecule has 2 atom stereocenters. The number of nitrogens with one attached hydrogen (secondary N) is 1. The van der Waals surface area contributed by atoms with E-state index in [0.717, 1.165) is 17.0 Å². The van der Waals surface area contributed by atoms with Crippen LogP contribution in [0, 0.1) is 18.7 Å². The maximum Gasteiger partial charge on any atom is 0.446 e. The van der Waals surface area contributed by atoms with Crippen LogP contribution >= 0.6 is 11.6 Å². The molecular weight excluding hydrogens is 508 g/mol. The summed E-state index contributed by atoms with van der Waals surface area (Å²) in [5.41, 5.74) is 3.43. The van der Waals surface area contributed by atoms with Crippen molar-refractivity contribution in [2.45, 2.75) is 51.5 Å². The quantitative estimate of drug-likeness (QED) is 0.453. The number of aliphatic carboxylic acids is 1. The third kappa shape index (κ3) is 7.03. The third-order valence-electron chi connectivity index (χ3n) is 6.14. The summed E-state index contributed by atoms with van der Waals surface area (Å²) in [5.74, 6) is -1.22. The van der Waals surface area contributed by atoms with Crippen molar-refractivity contribution in [3.05, 3.63) is 51.6 Å². The van der Waals surface area contributed by atoms with Gasteiger partial charge in [-0.05, 0) is 49.9 Å². The van der Waals surface area contributed by atoms with Crippen molar-refractivity contribution in [1.29, 1.82) is 0 Å². The summed E-state index contributed by atoms with van der Waals surface area (Å²) in [6.07, 6.45) is -4.21. The first-order valence-corrected chi connectivity index (χ1v) is 11.5. The van der Waals surface area contributed by atoms with Crippen LogP contribution in [0.15, 0.2) is 18.2 Å². The minimum atomic E-state index is -4.64. The van der Waals surface area contributed by atoms with Gasteiger partial charge in [-0.2, -0.15) is 18.3 Å². The Morgan fingerprint density at radius 3 is 2.61 bits per heavy atom. The Bertz CT molecular complexity index is 1140. The number of aldehydes is 1. The van der Waals surface area contributed by atoms with Gasteiger partial charge in [0.15, 0.2) is 0 Å². The molecule has 1 amide bonds. The van der Waals surface area contributed by atoms with Crippen LogP contribution in [0.5, 0.6) is 0 Å². The number of hydrogen-bond acceptors (Lipinski definition) is 5. The third-order valence-corrected chi connectivity index (χ3v) is 6.38. The van der Waals surface area contributed by atoms with Crippen molar-refractivity contribution in [2.24, 2.45) is 5.92 Å². The van der Waals surface area contributed by atoms with Crippen molar-refractivity contribution in [2.75, 3.05) is 13.1 Å². The number of nitrogens with zero attached hydrogens (tertiary/aromatic N) is 3. The number of carbonyl (C=O) groups is 3. The van der Waals surface area contributed by atoms with E-state index in [9.17, 15) is 27.2 Å². The van der Waals surface area contributed by atoms with Gasteiger partial charge in [0.2, 0.25) is 12.2 Å². The number of aryl methyl sites for hydroxylation is 1. The highest BCUT2D eigenvalue weighted by molar-refractivity contribution is 6.30. The molecule has 2 aliphatic heterocycles. The normalized spacial score (nSPS) is 19.3. The molecule has 4 rings (SSSR count). The molecule has 0 radical (unpaired) electrons. The lowest BCUT2D eigenvalue weighted by atomic mass is 9.99. The molecule has 1 unspecified atom stereocenters. The largest absolute Gasteiger partial charge is 0.480 e. The first kappa shape index (κ1) is 27.6. The number of carboxylic acid groups (broad SMARTS) is 1. The fraction of sp³-hybridized carbons (Fsp3) is 0.478. The fourth-order valence-corrected chi connectivity index (χ4v) is 4.52. The topological polar surface area (TPSA) is 105 Å². The molecule has 0 aliphatic carbocycles. The Morgan fingerprint density at radius 2 is 2.03 bits per heavy atom. The van der Waals surface area contributed by atoms with Crippen molar-refractivity contribution >= 4 is 29.8 Å². The molecule has 2 aromatic rings. The van der Waals surface area contributed by atoms with Crippen LogP contribution in [0.25, 0.3) is 0 Å². The highest BCUT2D eigenvalue weighted by Gasteiger charge is 2.33. The molecule has 1 saturated heterocycles. The summed E-state index contributed by atoms with van der Waals surface area (Å²) < 4.78 is 47.3. The number of aromatic nitrogens is 2. The van der Waals surface area contributed by atoms with E-state index >= 15 is 0 Å². The summed E-state index contributed by atoms with van der Waals surface area (Å²) >= 11 is 5.85. The molecule has 0 bridgehead atoms. The van der Waals surface area contributed by atoms with E-state index < -0.39 is 24.5 Å². The lowest BCUT2D eigenvalue weighted by molar-refractivity contribution is -0.156. The van der Waals surface area contributed by atoms with E-state index in [1.54, 1.807) is 21.7 Å². The molecule has 1 aromatic heterocycles. The van der Waals surface area contributed by atoms with E-state index in [4.69, 9.17) is 21.5 Å². The van der Waals surface area contributed by atoms with E-state index in [0.29, 0.717) is 49.5 Å². The van der Waals surface area contributed by atoms with Crippen LogP contribution in [-0.2, 0) is 33.9 Å². The summed E-state index contributed by atoms with van der Waals surface area (Å²) in [5, 5.41) is 17.0. The Kier molecular flexibility index (Phi) is 8.72. The predicted molar refractivity (Wildman–Crippen MR) is 121 cm³/mol. The molecular formula is C23H25ClF4N4O4. The average molecular weight is 533 g/mol. The molecule has 1 aromatic carbocycles. The molecule has 1 fully saturated rings. The molecule has 2 aliphatic rings. The van der Waals surface area contributed by atoms with Gasteiger partial charge in [0.05, 0.1) is 24.5 Å². The monoisotopic (exact) mass is 532 g/mol. The average Bonchev–Trinajstić information content (AvgIpc) is 3.40. The van der Waals surface area contributed by atoms with Crippen LogP contribution in [0.1, 0.15) is 35.4 Å². The van der Waals surface area contributed by atoms with Crippen LogP contribution in [-0.4, -0.2) is 63.3 Å². The molecule has 0 saturated carbocycles. The number of rotatable bonds is 5. The lowest BCUT2D eigenvalue weighted by Gasteiger charge is -2.29. The van der Waals surface area contributed by atoms with Crippen molar-refractivity contribution in [3.8, 4) is 0 Å². The highest BCUT2D eigenvalue weighted by atomic mass is 35.5. The molecule has 36 heavy (non-hydrogen) atoms. The predicted octanol–water partition coefficient (Wildman–Crippen LogP) is 3.12. The molecule has 3 heterocycles. The van der Waals surface area contributed by atoms with Crippen LogP contribution in [0.2, 0.25) is 5.02 Å². The smallest absolute Gasteiger partial charge is 0.446 e. The zero-order chi connectivity index (χ0) is 26.6. The minimum absolute atomic E-state index is 0.0153. The number of alkyl halides is 3. The van der Waals surface area contributed by atoms with Crippen molar-refractivity contribution < 1.29 is 37.1 Å². The molecule has 0 spiro atoms. The van der Waals surface area contributed by atoms with Crippen molar-refractivity contribution in [3.63, 3.8) is 0 Å². The minimum Gasteiger partial charge on any atom is -0.480 e. The maximum absolute atomic E-state index is 14.3. The van der Waals surface area contributed by atoms with Gasteiger partial charge in [0.1, 0.15) is 11.9 Å². The molecule has 13 heteroatoms. The molecule has 196 valence electrons. The second kappa shape index (κ2) is 11.4. The lowest BCUT2D eigenvalue weighted by Crippen LogP contribution is -2.37. The Balaban J connectivity index is 0.000000538. The number of carbonyl (C=O) groups excluding carboxylic acids is 2. The van der Waals surface area contributed by atoms with Crippen LogP contribution < -0.4 is 5.32 Å². The zero-order valence-electron chi connectivity index (χ0n) is 19.3. The summed E-state index contributed by atoms with van der Waals surface area (Å²) in [6, 6.07) is 4.02. The second-order valence-electron chi connectivity index (χ2n) is 8.73. The maximum atomic E-state index is 14.3. The van der Waals surface area contributed by atoms with Crippen molar-refractivity contribution in [1.82, 2.24) is 20.0 Å². The Morgan fingerprint density at radius 1 is 1.33 bits per heavy atom. The fourth-order valence-electron chi connectivity index (χ4n) is 4.36. The number of hydrogen-bond donors (Lipinski definition) is 2. The highest BCUT2D eigenvalue weighted by Crippen LogP contribution is 2.26. The van der Waals surface area contributed by atoms with Gasteiger partial charge in [-0.25, -0.2) is 4.39 Å². The van der Waals surface area contributed by atoms with Gasteiger partial charge < -0.3 is 15.3 Å². The van der Waals surface area contributed by atoms with E-state index in [1.807, 2.05) is 6.92 Å². The van der Waals surface area contributed by atoms with E-state index in [2.05, 4.69) is 10.4 Å². The standard InChI is InChI=1S/C21H24ClFN4O3.C2HF3O/c1-12-16-4-5-26(20(28)7-13-6-18(21(29)30)24-9-13)11-19(16)27(25-12)10-14-2-3-15(22)8-17(14)23;3-2(4,5)1-6/h2-3,8,13,18,24H,4-7,9-11H2,1H3,(H,29,30);1H/t13?,18-;/m1./s1. The van der Waals surface area contributed by atoms with Crippen LogP contribution in [0.4, 0.5) is 17.6 Å². The SMILES string of the molecule is Cc1nn(Cc2ccc(Cl)cc2F)c2c1CCN(C(=O)CC1CN[C@@H](C(=O)O)C1)C2.O=CC(F)(F)F. The van der Waals surface area contributed by atoms with Gasteiger partial charge in [0, 0.05) is 23.6 Å². The van der Waals surface area contributed by atoms with E-state index in [1.165, 1.54) is 6.07 Å². The van der Waals surface area contributed by atoms with Gasteiger partial charge in [-0.3, -0.25) is 19.1 Å². The summed E-state index contributed by atoms with van der Waals surface area (Å²) in [4.78, 5) is 34.5. The number of carboxylic acids is 1. The van der Waals surface area contributed by atoms with Gasteiger partial charge in [-0.15, -0.1) is 0 Å². The number of benzene rings is 1. The zero-order valence-corrected chi connectivity index (χ0v) is 20.1. The first-order chi connectivity index (χ1) is 16.9. The van der Waals surface area contributed by atoms with Crippen LogP contribution in [0.3, 0.4) is 0 Å². The van der Waals surface area contributed by atoms with Gasteiger partial charge >= 0.3 is 12.1 Å².